The first-order valence-electron chi connectivity index (χ1n) is 5.17. The first-order chi connectivity index (χ1) is 7.68. The highest BCUT2D eigenvalue weighted by Gasteiger charge is 2.09. The molecule has 1 fully saturated rings. The molecule has 0 aliphatic heterocycles. The van der Waals surface area contributed by atoms with E-state index in [2.05, 4.69) is 30.9 Å². The number of rotatable bonds is 0. The molecule has 0 saturated heterocycles. The molecule has 3 rings (SSSR count). The maximum absolute atomic E-state index is 5.60. The number of fused-ring (bicyclic) bond motifs is 1. The van der Waals surface area contributed by atoms with Gasteiger partial charge in [0.1, 0.15) is 17.8 Å². The van der Waals surface area contributed by atoms with Crippen molar-refractivity contribution in [3.05, 3.63) is 17.0 Å². The third-order valence-electron chi connectivity index (χ3n) is 2.60. The van der Waals surface area contributed by atoms with E-state index in [1.54, 1.807) is 6.20 Å². The number of hydrogen-bond donors (Lipinski definition) is 3. The predicted molar refractivity (Wildman–Crippen MR) is 67.8 cm³/mol. The minimum atomic E-state index is 0.489. The Labute approximate surface area is 102 Å². The van der Waals surface area contributed by atoms with Crippen molar-refractivity contribution in [1.29, 1.82) is 0 Å². The molecule has 2 heterocycles. The van der Waals surface area contributed by atoms with Gasteiger partial charge >= 0.3 is 0 Å². The van der Waals surface area contributed by atoms with Crippen molar-refractivity contribution in [2.45, 2.75) is 25.3 Å². The molecule has 2 aromatic heterocycles. The average Bonchev–Trinajstić information content (AvgIpc) is 2.60. The van der Waals surface area contributed by atoms with Crippen LogP contribution < -0.4 is 11.5 Å². The average molecular weight is 284 g/mol. The van der Waals surface area contributed by atoms with Crippen LogP contribution in [0.2, 0.25) is 0 Å². The summed E-state index contributed by atoms with van der Waals surface area (Å²) >= 11 is 3.33. The number of nitrogens with two attached hydrogens (primary N) is 2. The summed E-state index contributed by atoms with van der Waals surface area (Å²) in [6.07, 6.45) is 7.11. The molecule has 16 heavy (non-hydrogen) atoms. The van der Waals surface area contributed by atoms with Gasteiger partial charge in [0, 0.05) is 16.7 Å². The Balaban J connectivity index is 0.000000162. The molecular formula is C10H14BrN5. The highest BCUT2D eigenvalue weighted by molar-refractivity contribution is 9.10. The molecule has 0 amide bonds. The van der Waals surface area contributed by atoms with E-state index in [4.69, 9.17) is 11.5 Å². The number of nitrogen functional groups attached to an aromatic ring is 1. The Bertz CT molecular complexity index is 477. The zero-order valence-electron chi connectivity index (χ0n) is 8.78. The van der Waals surface area contributed by atoms with E-state index in [9.17, 15) is 0 Å². The number of H-pyrrole nitrogens is 1. The van der Waals surface area contributed by atoms with Crippen molar-refractivity contribution < 1.29 is 0 Å². The van der Waals surface area contributed by atoms with Crippen molar-refractivity contribution in [2.24, 2.45) is 5.73 Å². The summed E-state index contributed by atoms with van der Waals surface area (Å²) in [5.74, 6) is 0.489. The molecule has 2 aromatic rings. The lowest BCUT2D eigenvalue weighted by Crippen LogP contribution is -2.27. The Morgan fingerprint density at radius 1 is 1.38 bits per heavy atom. The molecule has 5 N–H and O–H groups in total. The normalized spacial score (nSPS) is 15.4. The van der Waals surface area contributed by atoms with Crippen molar-refractivity contribution in [3.8, 4) is 0 Å². The van der Waals surface area contributed by atoms with Crippen molar-refractivity contribution in [2.75, 3.05) is 5.73 Å². The Morgan fingerprint density at radius 3 is 2.56 bits per heavy atom. The van der Waals surface area contributed by atoms with Crippen LogP contribution in [0.4, 0.5) is 5.82 Å². The summed E-state index contributed by atoms with van der Waals surface area (Å²) in [7, 11) is 0. The van der Waals surface area contributed by atoms with Gasteiger partial charge < -0.3 is 16.5 Å². The fourth-order valence-corrected chi connectivity index (χ4v) is 1.89. The molecule has 0 unspecified atom stereocenters. The molecule has 6 heteroatoms. The first kappa shape index (κ1) is 11.3. The van der Waals surface area contributed by atoms with Crippen LogP contribution in [-0.4, -0.2) is 21.0 Å². The molecule has 86 valence electrons. The summed E-state index contributed by atoms with van der Waals surface area (Å²) in [6.45, 7) is 0. The van der Waals surface area contributed by atoms with Gasteiger partial charge in [0.2, 0.25) is 0 Å². The van der Waals surface area contributed by atoms with E-state index in [1.807, 2.05) is 0 Å². The molecule has 0 radical (unpaired) electrons. The number of anilines is 1. The summed E-state index contributed by atoms with van der Waals surface area (Å²) in [5, 5.41) is 0.840. The highest BCUT2D eigenvalue weighted by Crippen LogP contribution is 2.24. The minimum absolute atomic E-state index is 0.489. The van der Waals surface area contributed by atoms with Gasteiger partial charge in [-0.3, -0.25) is 0 Å². The van der Waals surface area contributed by atoms with E-state index in [0.29, 0.717) is 11.9 Å². The van der Waals surface area contributed by atoms with Crippen molar-refractivity contribution in [3.63, 3.8) is 0 Å². The first-order valence-corrected chi connectivity index (χ1v) is 5.96. The zero-order chi connectivity index (χ0) is 11.5. The van der Waals surface area contributed by atoms with Crippen molar-refractivity contribution >= 4 is 32.8 Å². The van der Waals surface area contributed by atoms with Crippen LogP contribution in [0, 0.1) is 0 Å². The van der Waals surface area contributed by atoms with Gasteiger partial charge in [-0.1, -0.05) is 6.42 Å². The molecule has 0 bridgehead atoms. The Morgan fingerprint density at radius 2 is 2.06 bits per heavy atom. The second-order valence-electron chi connectivity index (χ2n) is 3.81. The lowest BCUT2D eigenvalue weighted by molar-refractivity contribution is 0.418. The minimum Gasteiger partial charge on any atom is -0.383 e. The maximum atomic E-state index is 5.60. The molecule has 0 aromatic carbocycles. The van der Waals surface area contributed by atoms with E-state index < -0.39 is 0 Å². The highest BCUT2D eigenvalue weighted by atomic mass is 79.9. The van der Waals surface area contributed by atoms with E-state index >= 15 is 0 Å². The van der Waals surface area contributed by atoms with Crippen LogP contribution >= 0.6 is 15.9 Å². The van der Waals surface area contributed by atoms with E-state index in [1.165, 1.54) is 25.6 Å². The van der Waals surface area contributed by atoms with Crippen LogP contribution in [0.15, 0.2) is 17.0 Å². The third kappa shape index (κ3) is 2.33. The van der Waals surface area contributed by atoms with Crippen LogP contribution in [-0.2, 0) is 0 Å². The number of aromatic amines is 1. The topological polar surface area (TPSA) is 93.6 Å². The number of halogens is 1. The van der Waals surface area contributed by atoms with Gasteiger partial charge in [-0.05, 0) is 28.8 Å². The molecule has 5 nitrogen and oxygen atoms in total. The molecule has 0 spiro atoms. The molecule has 1 aliphatic carbocycles. The summed E-state index contributed by atoms with van der Waals surface area (Å²) in [6, 6.07) is 0.565. The zero-order valence-corrected chi connectivity index (χ0v) is 10.4. The van der Waals surface area contributed by atoms with E-state index in [-0.39, 0.29) is 0 Å². The predicted octanol–water partition coefficient (Wildman–Crippen LogP) is 1.80. The Hall–Kier alpha value is -1.14. The molecular weight excluding hydrogens is 270 g/mol. The van der Waals surface area contributed by atoms with Gasteiger partial charge in [-0.2, -0.15) is 0 Å². The van der Waals surface area contributed by atoms with Crippen LogP contribution in [0.1, 0.15) is 19.3 Å². The number of nitrogens with one attached hydrogen (secondary N) is 1. The third-order valence-corrected chi connectivity index (χ3v) is 3.23. The van der Waals surface area contributed by atoms with Crippen LogP contribution in [0.5, 0.6) is 0 Å². The van der Waals surface area contributed by atoms with Gasteiger partial charge in [-0.15, -0.1) is 0 Å². The quantitative estimate of drug-likeness (QED) is 0.687. The second-order valence-corrected chi connectivity index (χ2v) is 4.66. The van der Waals surface area contributed by atoms with Gasteiger partial charge in [-0.25, -0.2) is 9.97 Å². The fourth-order valence-electron chi connectivity index (χ4n) is 1.39. The van der Waals surface area contributed by atoms with Crippen LogP contribution in [0.3, 0.4) is 0 Å². The van der Waals surface area contributed by atoms with Gasteiger partial charge in [0.15, 0.2) is 0 Å². The number of aromatic nitrogens is 3. The summed E-state index contributed by atoms with van der Waals surface area (Å²) < 4.78 is 0.894. The fraction of sp³-hybridized carbons (Fsp3) is 0.400. The monoisotopic (exact) mass is 283 g/mol. The van der Waals surface area contributed by atoms with Crippen LogP contribution in [0.25, 0.3) is 11.0 Å². The lowest BCUT2D eigenvalue weighted by atomic mass is 9.95. The largest absolute Gasteiger partial charge is 0.383 e. The summed E-state index contributed by atoms with van der Waals surface area (Å²) in [4.78, 5) is 10.8. The van der Waals surface area contributed by atoms with Crippen molar-refractivity contribution in [1.82, 2.24) is 15.0 Å². The van der Waals surface area contributed by atoms with E-state index in [0.717, 1.165) is 15.5 Å². The molecule has 1 aliphatic rings. The lowest BCUT2D eigenvalue weighted by Gasteiger charge is -2.18. The van der Waals surface area contributed by atoms with Gasteiger partial charge in [0.25, 0.3) is 0 Å². The second kappa shape index (κ2) is 4.80. The Kier molecular flexibility index (Phi) is 3.40. The maximum Gasteiger partial charge on any atom is 0.144 e. The smallest absolute Gasteiger partial charge is 0.144 e. The molecule has 0 atom stereocenters. The number of nitrogens with zero attached hydrogens (tertiary/aromatic N) is 2. The van der Waals surface area contributed by atoms with Gasteiger partial charge in [0.05, 0.1) is 5.39 Å². The number of hydrogen-bond acceptors (Lipinski definition) is 4. The summed E-state index contributed by atoms with van der Waals surface area (Å²) in [5.41, 5.74) is 11.7. The SMILES string of the molecule is NC1CCC1.Nc1ncnc2[nH]cc(Br)c12. The standard InChI is InChI=1S/C6H5BrN4.C4H9N/c7-3-1-9-6-4(3)5(8)10-2-11-6;5-4-2-1-3-4/h1-2H,(H3,8,9,10,11);4H,1-3,5H2. The molecule has 1 saturated carbocycles.